The molecule has 1 heterocycles. The smallest absolute Gasteiger partial charge is 0.390 e. The number of rotatable bonds is 6. The summed E-state index contributed by atoms with van der Waals surface area (Å²) in [5.74, 6) is -0.389. The van der Waals surface area contributed by atoms with Crippen molar-refractivity contribution in [3.05, 3.63) is 52.3 Å². The summed E-state index contributed by atoms with van der Waals surface area (Å²) in [7, 11) is 0. The van der Waals surface area contributed by atoms with Gasteiger partial charge in [-0.15, -0.1) is 0 Å². The molecule has 1 fully saturated rings. The Morgan fingerprint density at radius 1 is 1.46 bits per heavy atom. The van der Waals surface area contributed by atoms with E-state index in [9.17, 15) is 14.9 Å². The molecule has 0 radical (unpaired) electrons. The number of carbonyl (C=O) groups is 1. The maximum atomic E-state index is 12.1. The van der Waals surface area contributed by atoms with Gasteiger partial charge in [-0.25, -0.2) is 5.43 Å². The van der Waals surface area contributed by atoms with Crippen LogP contribution in [0.1, 0.15) is 24.8 Å². The van der Waals surface area contributed by atoms with Gasteiger partial charge < -0.3 is 10.1 Å². The number of benzene rings is 1. The first-order chi connectivity index (χ1) is 11.5. The lowest BCUT2D eigenvalue weighted by Crippen LogP contribution is -2.22. The quantitative estimate of drug-likeness (QED) is 0.490. The molecule has 9 nitrogen and oxygen atoms in total. The van der Waals surface area contributed by atoms with E-state index >= 15 is 0 Å². The van der Waals surface area contributed by atoms with E-state index in [0.29, 0.717) is 5.71 Å². The fourth-order valence-electron chi connectivity index (χ4n) is 2.50. The first-order valence-electron chi connectivity index (χ1n) is 7.46. The molecule has 1 N–H and O–H groups in total. The number of aromatic nitrogens is 3. The summed E-state index contributed by atoms with van der Waals surface area (Å²) >= 11 is 0. The number of amides is 1. The molecule has 0 spiro atoms. The Morgan fingerprint density at radius 3 is 2.88 bits per heavy atom. The van der Waals surface area contributed by atoms with Crippen LogP contribution in [0.5, 0.6) is 0 Å². The SMILES string of the molecule is CC(Cn1cnc([N+](=O)[O-])n1)=NNC(=O)C1CC1c1ccccc1. The third-order valence-corrected chi connectivity index (χ3v) is 3.79. The third-order valence-electron chi connectivity index (χ3n) is 3.79. The highest BCUT2D eigenvalue weighted by Crippen LogP contribution is 2.47. The average Bonchev–Trinajstić information content (AvgIpc) is 3.25. The molecule has 124 valence electrons. The molecule has 1 aliphatic carbocycles. The molecule has 9 heteroatoms. The van der Waals surface area contributed by atoms with Gasteiger partial charge in [0.2, 0.25) is 12.2 Å². The van der Waals surface area contributed by atoms with E-state index in [1.807, 2.05) is 30.3 Å². The summed E-state index contributed by atoms with van der Waals surface area (Å²) in [5.41, 5.74) is 4.28. The van der Waals surface area contributed by atoms with E-state index in [-0.39, 0.29) is 24.3 Å². The van der Waals surface area contributed by atoms with Crippen LogP contribution in [-0.4, -0.2) is 31.3 Å². The van der Waals surface area contributed by atoms with Crippen molar-refractivity contribution in [3.63, 3.8) is 0 Å². The normalized spacial score (nSPS) is 19.8. The molecule has 3 rings (SSSR count). The Hall–Kier alpha value is -3.10. The molecule has 2 aromatic rings. The van der Waals surface area contributed by atoms with Crippen LogP contribution in [-0.2, 0) is 11.3 Å². The maximum Gasteiger partial charge on any atom is 0.490 e. The average molecular weight is 328 g/mol. The molecule has 2 atom stereocenters. The highest BCUT2D eigenvalue weighted by atomic mass is 16.6. The molecule has 1 saturated carbocycles. The molecule has 0 saturated heterocycles. The molecule has 1 aliphatic rings. The zero-order chi connectivity index (χ0) is 17.1. The molecule has 1 amide bonds. The monoisotopic (exact) mass is 328 g/mol. The number of nitro groups is 1. The Bertz CT molecular complexity index is 786. The first-order valence-corrected chi connectivity index (χ1v) is 7.46. The number of hydrogen-bond acceptors (Lipinski definition) is 6. The van der Waals surface area contributed by atoms with Gasteiger partial charge in [0.05, 0.1) is 12.3 Å². The van der Waals surface area contributed by atoms with E-state index in [1.165, 1.54) is 11.0 Å². The summed E-state index contributed by atoms with van der Waals surface area (Å²) in [6.45, 7) is 1.92. The standard InChI is InChI=1S/C15H16N6O3/c1-10(8-20-9-16-15(19-20)21(23)24)17-18-14(22)13-7-12(13)11-5-3-2-4-6-11/h2-6,9,12-13H,7-8H2,1H3,(H,18,22). The van der Waals surface area contributed by atoms with E-state index in [1.54, 1.807) is 6.92 Å². The van der Waals surface area contributed by atoms with Crippen LogP contribution in [0.3, 0.4) is 0 Å². The second-order valence-corrected chi connectivity index (χ2v) is 5.68. The lowest BCUT2D eigenvalue weighted by atomic mass is 10.1. The van der Waals surface area contributed by atoms with Crippen LogP contribution in [0.15, 0.2) is 41.8 Å². The first kappa shape index (κ1) is 15.8. The van der Waals surface area contributed by atoms with Crippen LogP contribution in [0.2, 0.25) is 0 Å². The second-order valence-electron chi connectivity index (χ2n) is 5.68. The molecule has 1 aromatic heterocycles. The molecule has 1 aromatic carbocycles. The van der Waals surface area contributed by atoms with Gasteiger partial charge >= 0.3 is 5.95 Å². The van der Waals surface area contributed by atoms with Gasteiger partial charge in [-0.3, -0.25) is 4.79 Å². The lowest BCUT2D eigenvalue weighted by molar-refractivity contribution is -0.394. The topological polar surface area (TPSA) is 115 Å². The summed E-state index contributed by atoms with van der Waals surface area (Å²) < 4.78 is 1.30. The van der Waals surface area contributed by atoms with Crippen LogP contribution < -0.4 is 5.43 Å². The molecule has 0 aliphatic heterocycles. The van der Waals surface area contributed by atoms with Gasteiger partial charge in [-0.2, -0.15) is 9.78 Å². The molecule has 24 heavy (non-hydrogen) atoms. The number of nitrogens with one attached hydrogen (secondary N) is 1. The van der Waals surface area contributed by atoms with Crippen molar-refractivity contribution in [1.29, 1.82) is 0 Å². The lowest BCUT2D eigenvalue weighted by Gasteiger charge is -2.02. The van der Waals surface area contributed by atoms with E-state index < -0.39 is 10.9 Å². The van der Waals surface area contributed by atoms with Gasteiger partial charge in [0.1, 0.15) is 0 Å². The molecular weight excluding hydrogens is 312 g/mol. The van der Waals surface area contributed by atoms with Crippen LogP contribution in [0.25, 0.3) is 0 Å². The van der Waals surface area contributed by atoms with Crippen LogP contribution in [0.4, 0.5) is 5.95 Å². The summed E-state index contributed by atoms with van der Waals surface area (Å²) in [4.78, 5) is 25.5. The highest BCUT2D eigenvalue weighted by molar-refractivity contribution is 5.86. The van der Waals surface area contributed by atoms with E-state index in [2.05, 4.69) is 20.6 Å². The molecule has 2 unspecified atom stereocenters. The fourth-order valence-corrected chi connectivity index (χ4v) is 2.50. The van der Waals surface area contributed by atoms with Gasteiger partial charge in [0, 0.05) is 11.0 Å². The number of carbonyl (C=O) groups excluding carboxylic acids is 1. The fraction of sp³-hybridized carbons (Fsp3) is 0.333. The number of hydrogen-bond donors (Lipinski definition) is 1. The van der Waals surface area contributed by atoms with Gasteiger partial charge in [0.15, 0.2) is 0 Å². The largest absolute Gasteiger partial charge is 0.490 e. The summed E-state index contributed by atoms with van der Waals surface area (Å²) in [5, 5.41) is 18.2. The Kier molecular flexibility index (Phi) is 4.32. The minimum absolute atomic E-state index is 0.0589. The minimum Gasteiger partial charge on any atom is -0.390 e. The summed E-state index contributed by atoms with van der Waals surface area (Å²) in [6.07, 6.45) is 2.07. The van der Waals surface area contributed by atoms with E-state index in [0.717, 1.165) is 12.0 Å². The van der Waals surface area contributed by atoms with Gasteiger partial charge in [-0.05, 0) is 29.7 Å². The molecular formula is C15H16N6O3. The number of nitrogens with zero attached hydrogens (tertiary/aromatic N) is 5. The minimum atomic E-state index is -0.665. The van der Waals surface area contributed by atoms with Crippen molar-refractivity contribution in [2.75, 3.05) is 0 Å². The van der Waals surface area contributed by atoms with Gasteiger partial charge in [0.25, 0.3) is 0 Å². The van der Waals surface area contributed by atoms with Crippen LogP contribution in [0, 0.1) is 16.0 Å². The van der Waals surface area contributed by atoms with Crippen molar-refractivity contribution in [3.8, 4) is 0 Å². The summed E-state index contributed by atoms with van der Waals surface area (Å²) in [6, 6.07) is 9.90. The number of hydrazone groups is 1. The maximum absolute atomic E-state index is 12.1. The van der Waals surface area contributed by atoms with Crippen molar-refractivity contribution in [1.82, 2.24) is 20.2 Å². The van der Waals surface area contributed by atoms with Crippen molar-refractivity contribution in [2.45, 2.75) is 25.8 Å². The van der Waals surface area contributed by atoms with Crippen molar-refractivity contribution in [2.24, 2.45) is 11.0 Å². The van der Waals surface area contributed by atoms with Gasteiger partial charge in [-0.1, -0.05) is 35.3 Å². The Morgan fingerprint density at radius 2 is 2.21 bits per heavy atom. The highest BCUT2D eigenvalue weighted by Gasteiger charge is 2.43. The third kappa shape index (κ3) is 3.62. The molecule has 0 bridgehead atoms. The van der Waals surface area contributed by atoms with Crippen molar-refractivity contribution >= 4 is 17.6 Å². The second kappa shape index (κ2) is 6.57. The van der Waals surface area contributed by atoms with Crippen LogP contribution >= 0.6 is 0 Å². The Balaban J connectivity index is 1.52. The zero-order valence-corrected chi connectivity index (χ0v) is 13.0. The Labute approximate surface area is 137 Å². The van der Waals surface area contributed by atoms with E-state index in [4.69, 9.17) is 0 Å². The predicted molar refractivity (Wildman–Crippen MR) is 85.2 cm³/mol. The predicted octanol–water partition coefficient (Wildman–Crippen LogP) is 1.48. The van der Waals surface area contributed by atoms with Crippen molar-refractivity contribution < 1.29 is 9.72 Å². The zero-order valence-electron chi connectivity index (χ0n) is 13.0.